The Morgan fingerprint density at radius 2 is 1.94 bits per heavy atom. The molecule has 4 aromatic rings. The van der Waals surface area contributed by atoms with E-state index in [2.05, 4.69) is 25.8 Å². The van der Waals surface area contributed by atoms with Crippen LogP contribution in [0.5, 0.6) is 0 Å². The summed E-state index contributed by atoms with van der Waals surface area (Å²) in [6, 6.07) is 20.8. The lowest BCUT2D eigenvalue weighted by Crippen LogP contribution is -2.32. The number of fused-ring (bicyclic) bond motifs is 1. The first-order chi connectivity index (χ1) is 17.7. The van der Waals surface area contributed by atoms with Crippen molar-refractivity contribution in [3.8, 4) is 0 Å². The SMILES string of the molecule is COCc1ccnc(C(=CN)c2nnc(NC3N=C(c4ccccc4)c4ccccc4NC3=O)o2)c1. The van der Waals surface area contributed by atoms with E-state index in [0.29, 0.717) is 29.3 Å². The third-order valence-electron chi connectivity index (χ3n) is 5.49. The number of nitrogens with zero attached hydrogens (tertiary/aromatic N) is 4. The van der Waals surface area contributed by atoms with Gasteiger partial charge in [-0.05, 0) is 23.8 Å². The van der Waals surface area contributed by atoms with Crippen LogP contribution in [0.15, 0.2) is 88.5 Å². The van der Waals surface area contributed by atoms with Gasteiger partial charge >= 0.3 is 6.01 Å². The van der Waals surface area contributed by atoms with Crippen molar-refractivity contribution in [2.24, 2.45) is 10.7 Å². The number of aromatic nitrogens is 3. The van der Waals surface area contributed by atoms with Crippen LogP contribution in [0.2, 0.25) is 0 Å². The number of nitrogens with one attached hydrogen (secondary N) is 2. The molecule has 1 atom stereocenters. The molecule has 0 saturated heterocycles. The molecular weight excluding hydrogens is 458 g/mol. The minimum absolute atomic E-state index is 0.0136. The van der Waals surface area contributed by atoms with E-state index < -0.39 is 6.17 Å². The minimum atomic E-state index is -1.02. The predicted molar refractivity (Wildman–Crippen MR) is 135 cm³/mol. The van der Waals surface area contributed by atoms with Gasteiger partial charge in [-0.15, -0.1) is 5.10 Å². The second-order valence-corrected chi connectivity index (χ2v) is 7.90. The fourth-order valence-electron chi connectivity index (χ4n) is 3.83. The van der Waals surface area contributed by atoms with Gasteiger partial charge in [0, 0.05) is 30.6 Å². The molecule has 36 heavy (non-hydrogen) atoms. The van der Waals surface area contributed by atoms with Crippen LogP contribution in [0.4, 0.5) is 11.7 Å². The maximum Gasteiger partial charge on any atom is 0.317 e. The van der Waals surface area contributed by atoms with Crippen molar-refractivity contribution in [3.63, 3.8) is 0 Å². The number of benzodiazepines with no additional fused rings is 1. The van der Waals surface area contributed by atoms with E-state index in [-0.39, 0.29) is 17.8 Å². The number of carbonyl (C=O) groups is 1. The van der Waals surface area contributed by atoms with E-state index in [4.69, 9.17) is 19.9 Å². The summed E-state index contributed by atoms with van der Waals surface area (Å²) in [5.41, 5.74) is 10.8. The number of amides is 1. The Balaban J connectivity index is 1.45. The van der Waals surface area contributed by atoms with Gasteiger partial charge in [-0.25, -0.2) is 4.99 Å². The predicted octanol–water partition coefficient (Wildman–Crippen LogP) is 3.19. The summed E-state index contributed by atoms with van der Waals surface area (Å²) in [7, 11) is 1.61. The molecule has 1 aliphatic heterocycles. The molecular formula is C26H23N7O3. The van der Waals surface area contributed by atoms with Gasteiger partial charge in [0.15, 0.2) is 0 Å². The van der Waals surface area contributed by atoms with Crippen molar-refractivity contribution in [3.05, 3.63) is 107 Å². The molecule has 0 aliphatic carbocycles. The highest BCUT2D eigenvalue weighted by atomic mass is 16.5. The van der Waals surface area contributed by atoms with Crippen LogP contribution in [0.25, 0.3) is 5.57 Å². The largest absolute Gasteiger partial charge is 0.404 e. The molecule has 1 amide bonds. The molecule has 0 radical (unpaired) electrons. The molecule has 0 fully saturated rings. The van der Waals surface area contributed by atoms with E-state index in [1.807, 2.05) is 66.7 Å². The summed E-state index contributed by atoms with van der Waals surface area (Å²) < 4.78 is 11.0. The molecule has 10 nitrogen and oxygen atoms in total. The van der Waals surface area contributed by atoms with Crippen LogP contribution in [-0.4, -0.2) is 40.1 Å². The summed E-state index contributed by atoms with van der Waals surface area (Å²) in [5, 5.41) is 14.0. The Hall–Kier alpha value is -4.83. The standard InChI is InChI=1S/C26H23N7O3/c1-35-15-16-11-12-28-21(13-16)19(14-27)25-32-33-26(36-25)31-23-24(34)29-20-10-6-5-9-18(20)22(30-23)17-7-3-2-4-8-17/h2-14,23H,15,27H2,1H3,(H,29,34)(H,31,33). The van der Waals surface area contributed by atoms with Gasteiger partial charge in [-0.3, -0.25) is 9.78 Å². The number of hydrogen-bond acceptors (Lipinski definition) is 9. The third kappa shape index (κ3) is 4.70. The maximum atomic E-state index is 13.1. The quantitative estimate of drug-likeness (QED) is 0.366. The summed E-state index contributed by atoms with van der Waals surface area (Å²) in [5.74, 6) is -0.219. The van der Waals surface area contributed by atoms with Gasteiger partial charge in [0.25, 0.3) is 11.8 Å². The minimum Gasteiger partial charge on any atom is -0.404 e. The monoisotopic (exact) mass is 481 g/mol. The lowest BCUT2D eigenvalue weighted by molar-refractivity contribution is -0.116. The fraction of sp³-hybridized carbons (Fsp3) is 0.115. The van der Waals surface area contributed by atoms with Gasteiger partial charge in [0.2, 0.25) is 6.17 Å². The van der Waals surface area contributed by atoms with Crippen LogP contribution in [0.3, 0.4) is 0 Å². The third-order valence-corrected chi connectivity index (χ3v) is 5.49. The first kappa shape index (κ1) is 22.9. The number of pyridine rings is 1. The lowest BCUT2D eigenvalue weighted by Gasteiger charge is -2.11. The zero-order chi connectivity index (χ0) is 24.9. The summed E-state index contributed by atoms with van der Waals surface area (Å²) in [6.45, 7) is 0.422. The Morgan fingerprint density at radius 1 is 1.14 bits per heavy atom. The number of methoxy groups -OCH3 is 1. The molecule has 180 valence electrons. The van der Waals surface area contributed by atoms with Crippen LogP contribution in [0.1, 0.15) is 28.3 Å². The highest BCUT2D eigenvalue weighted by molar-refractivity contribution is 6.19. The van der Waals surface area contributed by atoms with E-state index in [1.165, 1.54) is 6.20 Å². The first-order valence-corrected chi connectivity index (χ1v) is 11.2. The molecule has 5 rings (SSSR count). The Bertz CT molecular complexity index is 1450. The van der Waals surface area contributed by atoms with E-state index >= 15 is 0 Å². The number of ether oxygens (including phenoxy) is 1. The fourth-order valence-corrected chi connectivity index (χ4v) is 3.83. The summed E-state index contributed by atoms with van der Waals surface area (Å²) in [4.78, 5) is 22.1. The number of carbonyl (C=O) groups excluding carboxylic acids is 1. The smallest absolute Gasteiger partial charge is 0.317 e. The van der Waals surface area contributed by atoms with Gasteiger partial charge < -0.3 is 25.5 Å². The van der Waals surface area contributed by atoms with Crippen LogP contribution in [-0.2, 0) is 16.1 Å². The van der Waals surface area contributed by atoms with Crippen LogP contribution < -0.4 is 16.4 Å². The normalized spacial score (nSPS) is 15.5. The van der Waals surface area contributed by atoms with E-state index in [9.17, 15) is 4.79 Å². The number of para-hydroxylation sites is 1. The second-order valence-electron chi connectivity index (χ2n) is 7.90. The van der Waals surface area contributed by atoms with Crippen LogP contribution >= 0.6 is 0 Å². The van der Waals surface area contributed by atoms with Crippen molar-refractivity contribution >= 4 is 28.9 Å². The summed E-state index contributed by atoms with van der Waals surface area (Å²) >= 11 is 0. The molecule has 4 N–H and O–H groups in total. The Kier molecular flexibility index (Phi) is 6.50. The van der Waals surface area contributed by atoms with Crippen molar-refractivity contribution < 1.29 is 13.9 Å². The average molecular weight is 482 g/mol. The molecule has 2 aromatic carbocycles. The maximum absolute atomic E-state index is 13.1. The molecule has 2 aromatic heterocycles. The van der Waals surface area contributed by atoms with Crippen molar-refractivity contribution in [2.45, 2.75) is 12.8 Å². The zero-order valence-electron chi connectivity index (χ0n) is 19.4. The molecule has 0 saturated carbocycles. The van der Waals surface area contributed by atoms with Crippen molar-refractivity contribution in [1.82, 2.24) is 15.2 Å². The number of rotatable bonds is 7. The molecule has 1 unspecified atom stereocenters. The highest BCUT2D eigenvalue weighted by Gasteiger charge is 2.27. The van der Waals surface area contributed by atoms with Gasteiger partial charge in [-0.1, -0.05) is 53.6 Å². The molecule has 0 spiro atoms. The number of hydrogen-bond donors (Lipinski definition) is 3. The number of aliphatic imine (C=N–C) groups is 1. The Morgan fingerprint density at radius 3 is 2.75 bits per heavy atom. The van der Waals surface area contributed by atoms with Gasteiger partial charge in [0.05, 0.1) is 29.3 Å². The molecule has 1 aliphatic rings. The first-order valence-electron chi connectivity index (χ1n) is 11.2. The van der Waals surface area contributed by atoms with Crippen molar-refractivity contribution in [2.75, 3.05) is 17.7 Å². The number of benzene rings is 2. The van der Waals surface area contributed by atoms with Crippen LogP contribution in [0, 0.1) is 0 Å². The second kappa shape index (κ2) is 10.2. The topological polar surface area (TPSA) is 141 Å². The van der Waals surface area contributed by atoms with Gasteiger partial charge in [-0.2, -0.15) is 0 Å². The number of anilines is 2. The lowest BCUT2D eigenvalue weighted by atomic mass is 10.0. The van der Waals surface area contributed by atoms with Gasteiger partial charge in [0.1, 0.15) is 0 Å². The molecule has 10 heteroatoms. The Labute approximate surface area is 206 Å². The molecule has 3 heterocycles. The van der Waals surface area contributed by atoms with E-state index in [1.54, 1.807) is 13.3 Å². The van der Waals surface area contributed by atoms with E-state index in [0.717, 1.165) is 16.7 Å². The van der Waals surface area contributed by atoms with Crippen molar-refractivity contribution in [1.29, 1.82) is 0 Å². The number of nitrogens with two attached hydrogens (primary N) is 1. The highest BCUT2D eigenvalue weighted by Crippen LogP contribution is 2.26. The zero-order valence-corrected chi connectivity index (χ0v) is 19.4. The molecule has 0 bridgehead atoms. The average Bonchev–Trinajstić information content (AvgIpc) is 3.31. The summed E-state index contributed by atoms with van der Waals surface area (Å²) in [6.07, 6.45) is 1.97.